The molecule has 2 aliphatic carbocycles. The molecule has 2 aromatic rings. The lowest BCUT2D eigenvalue weighted by Gasteiger charge is -2.19. The van der Waals surface area contributed by atoms with E-state index in [0.29, 0.717) is 26.9 Å². The van der Waals surface area contributed by atoms with Crippen molar-refractivity contribution in [1.82, 2.24) is 0 Å². The fraction of sp³-hybridized carbons (Fsp3) is 0.391. The molecule has 2 aromatic carbocycles. The lowest BCUT2D eigenvalue weighted by atomic mass is 10.1. The Bertz CT molecular complexity index is 1050. The molecule has 0 saturated heterocycles. The van der Waals surface area contributed by atoms with Crippen LogP contribution in [0.15, 0.2) is 29.2 Å². The molecule has 0 amide bonds. The standard InChI is InChI=1S/C23H22ClFN2O3S/c1-29-23(28)17-9-8-16(13-6-7-13)22(21(17)25)31-27-19-10-14(12-26)18(24)11-20(19)30-15-4-2-3-5-15/h8-11,13,15,27H,2-7H2,1H3. The summed E-state index contributed by atoms with van der Waals surface area (Å²) in [6.07, 6.45) is 6.22. The van der Waals surface area contributed by atoms with Gasteiger partial charge in [0.1, 0.15) is 11.8 Å². The van der Waals surface area contributed by atoms with Crippen LogP contribution in [0.5, 0.6) is 5.75 Å². The SMILES string of the molecule is COC(=O)c1ccc(C2CC2)c(SNc2cc(C#N)c(Cl)cc2OC2CCCC2)c1F. The number of anilines is 1. The third-order valence-electron chi connectivity index (χ3n) is 5.60. The molecule has 0 aliphatic heterocycles. The lowest BCUT2D eigenvalue weighted by Crippen LogP contribution is -2.12. The fourth-order valence-electron chi connectivity index (χ4n) is 3.77. The fourth-order valence-corrected chi connectivity index (χ4v) is 4.89. The highest BCUT2D eigenvalue weighted by Gasteiger charge is 2.30. The van der Waals surface area contributed by atoms with Crippen LogP contribution in [0.25, 0.3) is 0 Å². The van der Waals surface area contributed by atoms with Crippen molar-refractivity contribution >= 4 is 35.2 Å². The zero-order valence-electron chi connectivity index (χ0n) is 17.0. The van der Waals surface area contributed by atoms with Crippen molar-refractivity contribution in [3.05, 3.63) is 51.8 Å². The minimum Gasteiger partial charge on any atom is -0.488 e. The molecule has 31 heavy (non-hydrogen) atoms. The molecule has 0 radical (unpaired) electrons. The molecule has 2 saturated carbocycles. The highest BCUT2D eigenvalue weighted by Crippen LogP contribution is 2.46. The number of methoxy groups -OCH3 is 1. The Morgan fingerprint density at radius 2 is 2.00 bits per heavy atom. The first-order valence-electron chi connectivity index (χ1n) is 10.3. The summed E-state index contributed by atoms with van der Waals surface area (Å²) in [5, 5.41) is 9.68. The number of benzene rings is 2. The van der Waals surface area contributed by atoms with Gasteiger partial charge in [0.25, 0.3) is 0 Å². The number of carbonyl (C=O) groups is 1. The Kier molecular flexibility index (Phi) is 6.59. The number of ether oxygens (including phenoxy) is 2. The molecule has 8 heteroatoms. The zero-order chi connectivity index (χ0) is 22.0. The van der Waals surface area contributed by atoms with Crippen LogP contribution in [0.3, 0.4) is 0 Å². The Morgan fingerprint density at radius 1 is 1.26 bits per heavy atom. The van der Waals surface area contributed by atoms with Crippen molar-refractivity contribution in [2.45, 2.75) is 55.4 Å². The first-order chi connectivity index (χ1) is 15.0. The lowest BCUT2D eigenvalue weighted by molar-refractivity contribution is 0.0594. The second-order valence-electron chi connectivity index (χ2n) is 7.78. The summed E-state index contributed by atoms with van der Waals surface area (Å²) in [5.74, 6) is -0.521. The monoisotopic (exact) mass is 460 g/mol. The molecule has 1 N–H and O–H groups in total. The van der Waals surface area contributed by atoms with E-state index in [-0.39, 0.29) is 17.6 Å². The zero-order valence-corrected chi connectivity index (χ0v) is 18.6. The summed E-state index contributed by atoms with van der Waals surface area (Å²) in [5.41, 5.74) is 1.60. The molecular formula is C23H22ClFN2O3S. The highest BCUT2D eigenvalue weighted by molar-refractivity contribution is 8.00. The Labute approximate surface area is 190 Å². The number of carbonyl (C=O) groups excluding carboxylic acids is 1. The van der Waals surface area contributed by atoms with E-state index in [1.54, 1.807) is 18.2 Å². The molecule has 0 atom stereocenters. The number of esters is 1. The van der Waals surface area contributed by atoms with Crippen LogP contribution < -0.4 is 9.46 Å². The van der Waals surface area contributed by atoms with E-state index in [2.05, 4.69) is 10.8 Å². The van der Waals surface area contributed by atoms with Crippen LogP contribution in [-0.2, 0) is 4.74 Å². The predicted molar refractivity (Wildman–Crippen MR) is 118 cm³/mol. The molecule has 5 nitrogen and oxygen atoms in total. The van der Waals surface area contributed by atoms with Crippen LogP contribution in [0.1, 0.15) is 65.9 Å². The van der Waals surface area contributed by atoms with E-state index in [0.717, 1.165) is 56.0 Å². The molecular weight excluding hydrogens is 439 g/mol. The second-order valence-corrected chi connectivity index (χ2v) is 9.00. The molecule has 4 rings (SSSR count). The summed E-state index contributed by atoms with van der Waals surface area (Å²) in [6, 6.07) is 8.57. The molecule has 0 heterocycles. The summed E-state index contributed by atoms with van der Waals surface area (Å²) in [6.45, 7) is 0. The topological polar surface area (TPSA) is 71.3 Å². The summed E-state index contributed by atoms with van der Waals surface area (Å²) in [7, 11) is 1.23. The molecule has 0 unspecified atom stereocenters. The van der Waals surface area contributed by atoms with E-state index in [4.69, 9.17) is 21.1 Å². The Hall–Kier alpha value is -2.43. The summed E-state index contributed by atoms with van der Waals surface area (Å²) in [4.78, 5) is 12.3. The van der Waals surface area contributed by atoms with Gasteiger partial charge in [-0.3, -0.25) is 0 Å². The Morgan fingerprint density at radius 3 is 2.65 bits per heavy atom. The van der Waals surface area contributed by atoms with Gasteiger partial charge in [0.15, 0.2) is 5.82 Å². The van der Waals surface area contributed by atoms with Gasteiger partial charge in [0.05, 0.1) is 39.9 Å². The number of halogens is 2. The van der Waals surface area contributed by atoms with Gasteiger partial charge in [0.2, 0.25) is 0 Å². The van der Waals surface area contributed by atoms with E-state index >= 15 is 4.39 Å². The van der Waals surface area contributed by atoms with Crippen LogP contribution in [0, 0.1) is 17.1 Å². The van der Waals surface area contributed by atoms with E-state index < -0.39 is 11.8 Å². The maximum Gasteiger partial charge on any atom is 0.340 e. The number of nitrogens with one attached hydrogen (secondary N) is 1. The van der Waals surface area contributed by atoms with Gasteiger partial charge >= 0.3 is 5.97 Å². The highest BCUT2D eigenvalue weighted by atomic mass is 35.5. The third kappa shape index (κ3) is 4.76. The predicted octanol–water partition coefficient (Wildman–Crippen LogP) is 6.46. The van der Waals surface area contributed by atoms with Crippen molar-refractivity contribution < 1.29 is 18.7 Å². The van der Waals surface area contributed by atoms with Gasteiger partial charge < -0.3 is 14.2 Å². The minimum atomic E-state index is -0.717. The van der Waals surface area contributed by atoms with Gasteiger partial charge in [-0.15, -0.1) is 0 Å². The van der Waals surface area contributed by atoms with Gasteiger partial charge in [-0.1, -0.05) is 17.7 Å². The van der Waals surface area contributed by atoms with Crippen molar-refractivity contribution in [2.24, 2.45) is 0 Å². The van der Waals surface area contributed by atoms with Gasteiger partial charge in [0, 0.05) is 6.07 Å². The van der Waals surface area contributed by atoms with Crippen molar-refractivity contribution in [1.29, 1.82) is 5.26 Å². The maximum atomic E-state index is 15.2. The van der Waals surface area contributed by atoms with Crippen LogP contribution in [-0.4, -0.2) is 19.2 Å². The largest absolute Gasteiger partial charge is 0.488 e. The molecule has 2 fully saturated rings. The summed E-state index contributed by atoms with van der Waals surface area (Å²) < 4.78 is 29.2. The van der Waals surface area contributed by atoms with Crippen LogP contribution >= 0.6 is 23.5 Å². The first kappa shape index (κ1) is 21.8. The minimum absolute atomic E-state index is 0.0935. The quantitative estimate of drug-likeness (QED) is 0.378. The van der Waals surface area contributed by atoms with Crippen molar-refractivity contribution in [3.63, 3.8) is 0 Å². The van der Waals surface area contributed by atoms with Gasteiger partial charge in [-0.2, -0.15) is 5.26 Å². The maximum absolute atomic E-state index is 15.2. The van der Waals surface area contributed by atoms with Crippen LogP contribution in [0.4, 0.5) is 10.1 Å². The molecule has 162 valence electrons. The normalized spacial score (nSPS) is 16.1. The van der Waals surface area contributed by atoms with Gasteiger partial charge in [-0.25, -0.2) is 9.18 Å². The number of hydrogen-bond donors (Lipinski definition) is 1. The third-order valence-corrected chi connectivity index (χ3v) is 6.85. The van der Waals surface area contributed by atoms with E-state index in [1.807, 2.05) is 0 Å². The summed E-state index contributed by atoms with van der Waals surface area (Å²) >= 11 is 7.30. The number of rotatable bonds is 7. The van der Waals surface area contributed by atoms with Crippen molar-refractivity contribution in [3.8, 4) is 11.8 Å². The smallest absolute Gasteiger partial charge is 0.340 e. The average Bonchev–Trinajstić information content (AvgIpc) is 3.49. The number of nitriles is 1. The van der Waals surface area contributed by atoms with Crippen molar-refractivity contribution in [2.75, 3.05) is 11.8 Å². The molecule has 0 spiro atoms. The number of nitrogens with zero attached hydrogens (tertiary/aromatic N) is 1. The Balaban J connectivity index is 1.65. The molecule has 0 aromatic heterocycles. The molecule has 2 aliphatic rings. The van der Waals surface area contributed by atoms with Crippen LogP contribution in [0.2, 0.25) is 5.02 Å². The van der Waals surface area contributed by atoms with E-state index in [9.17, 15) is 10.1 Å². The average molecular weight is 461 g/mol. The second kappa shape index (κ2) is 9.37. The first-order valence-corrected chi connectivity index (χ1v) is 11.4. The number of hydrogen-bond acceptors (Lipinski definition) is 6. The van der Waals surface area contributed by atoms with E-state index in [1.165, 1.54) is 13.2 Å². The molecule has 0 bridgehead atoms. The van der Waals surface area contributed by atoms with Gasteiger partial charge in [-0.05, 0) is 74.1 Å².